The van der Waals surface area contributed by atoms with E-state index in [9.17, 15) is 0 Å². The van der Waals surface area contributed by atoms with Crippen LogP contribution in [-0.4, -0.2) is 111 Å². The number of guanidine groups is 1. The van der Waals surface area contributed by atoms with Gasteiger partial charge in [-0.2, -0.15) is 0 Å². The minimum absolute atomic E-state index is 0. The average molecular weight is 555 g/mol. The van der Waals surface area contributed by atoms with Crippen molar-refractivity contribution >= 4 is 36.0 Å². The van der Waals surface area contributed by atoms with E-state index in [1.54, 1.807) is 0 Å². The first kappa shape index (κ1) is 27.1. The van der Waals surface area contributed by atoms with Crippen molar-refractivity contribution < 1.29 is 0 Å². The van der Waals surface area contributed by atoms with Gasteiger partial charge in [0.05, 0.1) is 0 Å². The van der Waals surface area contributed by atoms with Gasteiger partial charge < -0.3 is 20.0 Å². The molecule has 1 aromatic carbocycles. The second kappa shape index (κ2) is 15.6. The third kappa shape index (κ3) is 9.77. The fourth-order valence-corrected chi connectivity index (χ4v) is 4.27. The zero-order valence-corrected chi connectivity index (χ0v) is 22.4. The van der Waals surface area contributed by atoms with Crippen LogP contribution in [0, 0.1) is 0 Å². The van der Waals surface area contributed by atoms with Gasteiger partial charge in [-0.25, -0.2) is 0 Å². The molecular weight excluding hydrogens is 511 g/mol. The number of benzene rings is 1. The van der Waals surface area contributed by atoms with Gasteiger partial charge in [-0.05, 0) is 52.0 Å². The van der Waals surface area contributed by atoms with Gasteiger partial charge in [0, 0.05) is 58.9 Å². The number of rotatable bonds is 8. The molecule has 0 saturated carbocycles. The largest absolute Gasteiger partial charge is 0.357 e. The molecule has 0 bridgehead atoms. The van der Waals surface area contributed by atoms with Crippen molar-refractivity contribution in [2.45, 2.75) is 19.8 Å². The van der Waals surface area contributed by atoms with Crippen molar-refractivity contribution in [3.63, 3.8) is 0 Å². The number of piperazine rings is 1. The Morgan fingerprint density at radius 3 is 2.47 bits per heavy atom. The molecule has 32 heavy (non-hydrogen) atoms. The fourth-order valence-electron chi connectivity index (χ4n) is 4.27. The first-order chi connectivity index (χ1) is 15.2. The highest BCUT2D eigenvalue weighted by molar-refractivity contribution is 14.0. The topological polar surface area (TPSA) is 37.4 Å². The molecule has 0 atom stereocenters. The first-order valence-electron chi connectivity index (χ1n) is 12.1. The Labute approximate surface area is 212 Å². The zero-order valence-electron chi connectivity index (χ0n) is 20.1. The number of nitrogens with zero attached hydrogens (tertiary/aromatic N) is 5. The maximum absolute atomic E-state index is 4.95. The maximum Gasteiger partial charge on any atom is 0.194 e. The molecule has 0 aromatic heterocycles. The van der Waals surface area contributed by atoms with E-state index in [-0.39, 0.29) is 24.0 Å². The highest BCUT2D eigenvalue weighted by Crippen LogP contribution is 2.06. The second-order valence-electron chi connectivity index (χ2n) is 8.69. The van der Waals surface area contributed by atoms with Crippen LogP contribution < -0.4 is 5.32 Å². The predicted molar refractivity (Wildman–Crippen MR) is 148 cm³/mol. The second-order valence-corrected chi connectivity index (χ2v) is 8.69. The van der Waals surface area contributed by atoms with Crippen molar-refractivity contribution in [2.24, 2.45) is 4.99 Å². The molecule has 0 spiro atoms. The zero-order chi connectivity index (χ0) is 21.7. The molecule has 2 saturated heterocycles. The summed E-state index contributed by atoms with van der Waals surface area (Å²) in [6.07, 6.45) is 6.93. The van der Waals surface area contributed by atoms with E-state index in [2.05, 4.69) is 81.4 Å². The van der Waals surface area contributed by atoms with Crippen LogP contribution in [0.5, 0.6) is 0 Å². The Bertz CT molecular complexity index is 672. The van der Waals surface area contributed by atoms with Gasteiger partial charge in [0.1, 0.15) is 0 Å². The summed E-state index contributed by atoms with van der Waals surface area (Å²) in [7, 11) is 2.23. The van der Waals surface area contributed by atoms with Crippen molar-refractivity contribution in [2.75, 3.05) is 85.6 Å². The van der Waals surface area contributed by atoms with Gasteiger partial charge in [-0.1, -0.05) is 42.5 Å². The lowest BCUT2D eigenvalue weighted by Gasteiger charge is -2.36. The van der Waals surface area contributed by atoms with Crippen LogP contribution in [0.3, 0.4) is 0 Å². The molecule has 2 aliphatic rings. The maximum atomic E-state index is 4.95. The molecule has 2 fully saturated rings. The molecule has 0 aliphatic carbocycles. The van der Waals surface area contributed by atoms with Gasteiger partial charge in [0.2, 0.25) is 0 Å². The lowest BCUT2D eigenvalue weighted by molar-refractivity contribution is 0.194. The van der Waals surface area contributed by atoms with Crippen LogP contribution in [0.25, 0.3) is 6.08 Å². The van der Waals surface area contributed by atoms with Crippen LogP contribution in [0.15, 0.2) is 41.4 Å². The first-order valence-corrected chi connectivity index (χ1v) is 12.1. The standard InChI is InChI=1S/C25H42N6.HI/c1-3-26-25(27-13-8-16-29-17-9-14-28(2)18-19-29)31-22-20-30(21-23-31)15-7-12-24-10-5-4-6-11-24;/h4-7,10-12H,3,8-9,13-23H2,1-2H3,(H,26,27);1H/b12-7+;. The molecule has 180 valence electrons. The lowest BCUT2D eigenvalue weighted by Crippen LogP contribution is -2.52. The van der Waals surface area contributed by atoms with Gasteiger partial charge in [-0.15, -0.1) is 24.0 Å². The Hall–Kier alpha value is -1.16. The quantitative estimate of drug-likeness (QED) is 0.232. The molecule has 6 nitrogen and oxygen atoms in total. The summed E-state index contributed by atoms with van der Waals surface area (Å²) in [4.78, 5) is 15.0. The number of likely N-dealkylation sites (N-methyl/N-ethyl adjacent to an activating group) is 1. The molecule has 3 rings (SSSR count). The summed E-state index contributed by atoms with van der Waals surface area (Å²) in [6, 6.07) is 10.5. The molecule has 1 N–H and O–H groups in total. The Morgan fingerprint density at radius 2 is 1.72 bits per heavy atom. The highest BCUT2D eigenvalue weighted by Gasteiger charge is 2.18. The van der Waals surface area contributed by atoms with E-state index in [1.807, 2.05) is 0 Å². The van der Waals surface area contributed by atoms with Crippen molar-refractivity contribution in [1.82, 2.24) is 24.9 Å². The minimum atomic E-state index is 0. The summed E-state index contributed by atoms with van der Waals surface area (Å²) < 4.78 is 0. The fraction of sp³-hybridized carbons (Fsp3) is 0.640. The average Bonchev–Trinajstić information content (AvgIpc) is 3.01. The van der Waals surface area contributed by atoms with E-state index in [0.717, 1.165) is 64.7 Å². The summed E-state index contributed by atoms with van der Waals surface area (Å²) >= 11 is 0. The molecule has 0 unspecified atom stereocenters. The number of aliphatic imine (C=N–C) groups is 1. The Balaban J connectivity index is 0.00000363. The molecular formula is C25H43IN6. The molecule has 1 aromatic rings. The van der Waals surface area contributed by atoms with Crippen LogP contribution in [0.2, 0.25) is 0 Å². The lowest BCUT2D eigenvalue weighted by atomic mass is 10.2. The normalized spacial score (nSPS) is 19.7. The van der Waals surface area contributed by atoms with Crippen molar-refractivity contribution in [3.05, 3.63) is 42.0 Å². The van der Waals surface area contributed by atoms with Crippen molar-refractivity contribution in [3.8, 4) is 0 Å². The van der Waals surface area contributed by atoms with E-state index < -0.39 is 0 Å². The summed E-state index contributed by atoms with van der Waals surface area (Å²) in [5.74, 6) is 1.09. The van der Waals surface area contributed by atoms with Crippen molar-refractivity contribution in [1.29, 1.82) is 0 Å². The van der Waals surface area contributed by atoms with E-state index in [0.29, 0.717) is 0 Å². The number of hydrogen-bond donors (Lipinski definition) is 1. The molecule has 0 radical (unpaired) electrons. The SMILES string of the molecule is CCNC(=NCCCN1CCCN(C)CC1)N1CCN(C/C=C/c2ccccc2)CC1.I. The number of hydrogen-bond acceptors (Lipinski definition) is 4. The monoisotopic (exact) mass is 554 g/mol. The highest BCUT2D eigenvalue weighted by atomic mass is 127. The molecule has 2 aliphatic heterocycles. The van der Waals surface area contributed by atoms with Gasteiger partial charge in [-0.3, -0.25) is 9.89 Å². The third-order valence-electron chi connectivity index (χ3n) is 6.19. The van der Waals surface area contributed by atoms with Crippen LogP contribution >= 0.6 is 24.0 Å². The molecule has 7 heteroatoms. The van der Waals surface area contributed by atoms with E-state index in [4.69, 9.17) is 4.99 Å². The smallest absolute Gasteiger partial charge is 0.194 e. The summed E-state index contributed by atoms with van der Waals surface area (Å²) in [5.41, 5.74) is 1.27. The Kier molecular flexibility index (Phi) is 13.2. The number of halogens is 1. The van der Waals surface area contributed by atoms with E-state index >= 15 is 0 Å². The van der Waals surface area contributed by atoms with Gasteiger partial charge in [0.25, 0.3) is 0 Å². The summed E-state index contributed by atoms with van der Waals surface area (Å²) in [6.45, 7) is 15.3. The third-order valence-corrected chi connectivity index (χ3v) is 6.19. The summed E-state index contributed by atoms with van der Waals surface area (Å²) in [5, 5.41) is 3.51. The predicted octanol–water partition coefficient (Wildman–Crippen LogP) is 2.93. The van der Waals surface area contributed by atoms with Crippen LogP contribution in [0.4, 0.5) is 0 Å². The van der Waals surface area contributed by atoms with Gasteiger partial charge >= 0.3 is 0 Å². The van der Waals surface area contributed by atoms with Crippen LogP contribution in [0.1, 0.15) is 25.3 Å². The minimum Gasteiger partial charge on any atom is -0.357 e. The number of nitrogens with one attached hydrogen (secondary N) is 1. The molecule has 0 amide bonds. The molecule has 2 heterocycles. The Morgan fingerprint density at radius 1 is 0.969 bits per heavy atom. The van der Waals surface area contributed by atoms with Gasteiger partial charge in [0.15, 0.2) is 5.96 Å². The van der Waals surface area contributed by atoms with E-state index in [1.165, 1.54) is 38.2 Å². The van der Waals surface area contributed by atoms with Crippen LogP contribution in [-0.2, 0) is 0 Å².